The Morgan fingerprint density at radius 2 is 0.820 bits per heavy atom. The number of aryl methyl sites for hydroxylation is 3. The number of carbonyl (C=O) groups is 1. The number of aromatic amines is 2. The molecule has 128 heavy (non-hydrogen) atoms. The van der Waals surface area contributed by atoms with E-state index in [1.165, 1.54) is 6.08 Å². The summed E-state index contributed by atoms with van der Waals surface area (Å²) in [5, 5.41) is 26.3. The predicted octanol–water partition coefficient (Wildman–Crippen LogP) is 21.5. The standard InChI is InChI=1S/C37H38ClN5O2.C34H31ClN6O2.C32H30ClN5O.HI/c1-23(2)25-12-6-7-13-30(25)42-32-21-26(29(38)20-27(32)36(35(39-4)37(42)44)41-17-9-5-10-18-41)34-24(3)15-16-31-28(34)22-40-43(31)33-14-8-11-19-45-33;1-6-30(42)39-13-15-40(16-14-39)33-24-17-26(35)23(31-21(4)11-12-27-25(31)19-37-38-27)18-29(24)41(34(43)32(33)36-5)28-10-8-7-9-22(28)20(2)3;1-19(2)21-10-6-7-11-27(21)38-28-17-22(29-20(3)12-13-26-24(29)18-35-36-26)25(33)16-23(28)31(30(34-4)32(38)39)37-14-8-5-9-15-37;/h6-7,12-13,15-16,20-23,33H,5,8-11,14,17-19H2,1-3H3;6-12,17-20H,1,13-16H2,2-4H3,(H,37,38);6-7,10-13,16-19H,5,8-9,14-15H2,1-3H3,(H,35,36);1H/p-1. The minimum Gasteiger partial charge on any atom is -1.00 e. The Balaban J connectivity index is 0.000000141. The fourth-order valence-electron chi connectivity index (χ4n) is 19.5. The quantitative estimate of drug-likeness (QED) is 0.0598. The third kappa shape index (κ3) is 16.2. The van der Waals surface area contributed by atoms with E-state index in [4.69, 9.17) is 64.4 Å². The molecular formula is C103H99Cl3IN16O5-. The zero-order chi connectivity index (χ0) is 88.9. The second-order valence-electron chi connectivity index (χ2n) is 34.4. The minimum atomic E-state index is -0.387. The summed E-state index contributed by atoms with van der Waals surface area (Å²) in [6.45, 7) is 52.7. The summed E-state index contributed by atoms with van der Waals surface area (Å²) < 4.78 is 13.2. The SMILES string of the molecule is [C-]#[N+]c1c(N2CCCCC2)c2cc(Cl)c(-c3c(C)ccc4[nH]ncc34)cc2n(-c2ccccc2C(C)C)c1=O.[C-]#[N+]c1c(N2CCCCC2)c2cc(Cl)c(-c3c(C)ccc4c3cnn4C3CCCCO3)cc2n(-c2ccccc2C(C)C)c1=O.[C-]#[N+]c1c(N2CCN(C(=O)C=C)CC2)c2cc(Cl)c(-c3c(C)ccc4[nH]ncc34)cc2n(-c2ccccc2C(C)C)c1=O.[I-]. The van der Waals surface area contributed by atoms with E-state index in [0.29, 0.717) is 69.2 Å². The number of nitrogens with zero attached hydrogens (tertiary/aromatic N) is 14. The fourth-order valence-corrected chi connectivity index (χ4v) is 20.2. The van der Waals surface area contributed by atoms with Gasteiger partial charge in [0.2, 0.25) is 5.91 Å². The molecule has 15 aromatic rings. The number of aromatic nitrogens is 9. The van der Waals surface area contributed by atoms with E-state index in [-0.39, 0.29) is 87.6 Å². The predicted molar refractivity (Wildman–Crippen MR) is 518 cm³/mol. The van der Waals surface area contributed by atoms with Gasteiger partial charge in [-0.3, -0.25) is 43.1 Å². The highest BCUT2D eigenvalue weighted by Crippen LogP contribution is 2.49. The van der Waals surface area contributed by atoms with Gasteiger partial charge in [-0.15, -0.1) is 0 Å². The summed E-state index contributed by atoms with van der Waals surface area (Å²) >= 11 is 21.5. The molecular weight excluding hydrogens is 1770 g/mol. The first-order valence-electron chi connectivity index (χ1n) is 43.8. The van der Waals surface area contributed by atoms with E-state index >= 15 is 0 Å². The van der Waals surface area contributed by atoms with Crippen LogP contribution in [0.15, 0.2) is 191 Å². The molecule has 0 aliphatic carbocycles. The average molecular weight is 1870 g/mol. The number of piperidine rings is 2. The molecule has 0 bridgehead atoms. The largest absolute Gasteiger partial charge is 1.00 e. The van der Waals surface area contributed by atoms with Crippen molar-refractivity contribution in [2.24, 2.45) is 0 Å². The summed E-state index contributed by atoms with van der Waals surface area (Å²) in [6, 6.07) is 48.0. The summed E-state index contributed by atoms with van der Waals surface area (Å²) in [4.78, 5) is 75.2. The van der Waals surface area contributed by atoms with Gasteiger partial charge < -0.3 is 48.3 Å². The lowest BCUT2D eigenvalue weighted by molar-refractivity contribution is -0.126. The summed E-state index contributed by atoms with van der Waals surface area (Å²) in [6.07, 6.45) is 16.3. The van der Waals surface area contributed by atoms with Gasteiger partial charge in [0.15, 0.2) is 6.23 Å². The molecule has 1 unspecified atom stereocenters. The Morgan fingerprint density at radius 3 is 1.18 bits per heavy atom. The van der Waals surface area contributed by atoms with E-state index in [0.717, 1.165) is 229 Å². The third-order valence-corrected chi connectivity index (χ3v) is 26.6. The molecule has 0 spiro atoms. The van der Waals surface area contributed by atoms with Crippen LogP contribution in [-0.4, -0.2) is 114 Å². The van der Waals surface area contributed by atoms with Crippen molar-refractivity contribution in [2.75, 3.05) is 73.7 Å². The number of ether oxygens (including phenoxy) is 1. The van der Waals surface area contributed by atoms with Gasteiger partial charge in [-0.25, -0.2) is 19.2 Å². The molecule has 10 heterocycles. The van der Waals surface area contributed by atoms with E-state index in [2.05, 4.69) is 143 Å². The molecule has 1 atom stereocenters. The van der Waals surface area contributed by atoms with E-state index < -0.39 is 0 Å². The number of halogens is 4. The Bertz CT molecular complexity index is 7250. The number of rotatable bonds is 14. The number of benzene rings is 9. The van der Waals surface area contributed by atoms with Crippen molar-refractivity contribution < 1.29 is 33.5 Å². The second-order valence-corrected chi connectivity index (χ2v) is 35.6. The highest BCUT2D eigenvalue weighted by atomic mass is 127. The summed E-state index contributed by atoms with van der Waals surface area (Å²) in [7, 11) is 0. The molecule has 650 valence electrons. The number of H-pyrrole nitrogens is 2. The van der Waals surface area contributed by atoms with Gasteiger partial charge >= 0.3 is 0 Å². The van der Waals surface area contributed by atoms with Gasteiger partial charge in [-0.05, 0) is 225 Å². The fraction of sp³-hybridized carbons (Fsp3) is 0.301. The van der Waals surface area contributed by atoms with E-state index in [1.54, 1.807) is 24.8 Å². The van der Waals surface area contributed by atoms with Crippen LogP contribution in [0.5, 0.6) is 0 Å². The lowest BCUT2D eigenvalue weighted by Gasteiger charge is -2.37. The molecule has 0 saturated carbocycles. The number of nitrogens with one attached hydrogen (secondary N) is 2. The van der Waals surface area contributed by atoms with Gasteiger partial charge in [-0.2, -0.15) is 15.3 Å². The first kappa shape index (κ1) is 89.1. The maximum Gasteiger partial charge on any atom is 0.274 e. The zero-order valence-corrected chi connectivity index (χ0v) is 77.6. The number of hydrogen-bond donors (Lipinski definition) is 2. The van der Waals surface area contributed by atoms with Crippen LogP contribution in [0.3, 0.4) is 0 Å². The number of anilines is 3. The average Bonchev–Trinajstić information content (AvgIpc) is 1.10. The van der Waals surface area contributed by atoms with Crippen LogP contribution < -0.4 is 55.4 Å². The summed E-state index contributed by atoms with van der Waals surface area (Å²) in [5.74, 6) is 0.373. The van der Waals surface area contributed by atoms with Gasteiger partial charge in [0.1, 0.15) is 0 Å². The minimum absolute atomic E-state index is 0. The summed E-state index contributed by atoms with van der Waals surface area (Å²) in [5.41, 5.74) is 20.2. The molecule has 21 nitrogen and oxygen atoms in total. The van der Waals surface area contributed by atoms with Gasteiger partial charge in [0, 0.05) is 123 Å². The third-order valence-electron chi connectivity index (χ3n) is 25.7. The topological polar surface area (TPSA) is 194 Å². The molecule has 25 heteroatoms. The first-order chi connectivity index (χ1) is 61.5. The molecule has 4 saturated heterocycles. The van der Waals surface area contributed by atoms with Crippen LogP contribution in [0.4, 0.5) is 34.1 Å². The highest BCUT2D eigenvalue weighted by Gasteiger charge is 2.34. The van der Waals surface area contributed by atoms with Gasteiger partial charge in [-0.1, -0.05) is 156 Å². The van der Waals surface area contributed by atoms with Crippen molar-refractivity contribution >= 4 is 140 Å². The number of hydrogen-bond acceptors (Lipinski definition) is 11. The second kappa shape index (κ2) is 37.5. The maximum absolute atomic E-state index is 14.5. The molecule has 4 fully saturated rings. The van der Waals surface area contributed by atoms with Crippen molar-refractivity contribution in [3.05, 3.63) is 291 Å². The number of piperazine rings is 1. The number of amides is 1. The van der Waals surface area contributed by atoms with Crippen LogP contribution in [0.1, 0.15) is 157 Å². The number of fused-ring (bicyclic) bond motifs is 6. The van der Waals surface area contributed by atoms with Crippen molar-refractivity contribution in [3.63, 3.8) is 0 Å². The molecule has 0 radical (unpaired) electrons. The number of carbonyl (C=O) groups excluding carboxylic acids is 1. The molecule has 19 rings (SSSR count). The Hall–Kier alpha value is -12.3. The van der Waals surface area contributed by atoms with Crippen molar-refractivity contribution in [3.8, 4) is 50.4 Å². The van der Waals surface area contributed by atoms with Crippen LogP contribution >= 0.6 is 34.8 Å². The zero-order valence-electron chi connectivity index (χ0n) is 73.2. The Morgan fingerprint density at radius 1 is 0.453 bits per heavy atom. The van der Waals surface area contributed by atoms with Crippen LogP contribution in [0.2, 0.25) is 15.1 Å². The van der Waals surface area contributed by atoms with Crippen molar-refractivity contribution in [1.82, 2.24) is 48.8 Å². The smallest absolute Gasteiger partial charge is 0.274 e. The molecule has 1 amide bonds. The number of pyridine rings is 3. The Labute approximate surface area is 775 Å². The normalized spacial score (nSPS) is 14.9. The molecule has 6 aromatic heterocycles. The lowest BCUT2D eigenvalue weighted by Crippen LogP contribution is -3.00. The molecule has 4 aliphatic heterocycles. The van der Waals surface area contributed by atoms with Crippen LogP contribution in [0, 0.1) is 40.5 Å². The van der Waals surface area contributed by atoms with Crippen LogP contribution in [-0.2, 0) is 9.53 Å². The van der Waals surface area contributed by atoms with Crippen molar-refractivity contribution in [1.29, 1.82) is 0 Å². The lowest BCUT2D eigenvalue weighted by atomic mass is 9.94. The van der Waals surface area contributed by atoms with Gasteiger partial charge in [0.25, 0.3) is 33.7 Å². The first-order valence-corrected chi connectivity index (χ1v) is 45.0. The van der Waals surface area contributed by atoms with Gasteiger partial charge in [0.05, 0.1) is 106 Å². The van der Waals surface area contributed by atoms with Crippen molar-refractivity contribution in [2.45, 2.75) is 144 Å². The monoisotopic (exact) mass is 1870 g/mol. The van der Waals surface area contributed by atoms with E-state index in [9.17, 15) is 19.2 Å². The highest BCUT2D eigenvalue weighted by molar-refractivity contribution is 6.36. The molecule has 9 aromatic carbocycles. The molecule has 2 N–H and O–H groups in total. The van der Waals surface area contributed by atoms with Crippen LogP contribution in [0.25, 0.3) is 130 Å². The van der Waals surface area contributed by atoms with E-state index in [1.807, 2.05) is 138 Å². The Kier molecular flexibility index (Phi) is 26.1. The number of para-hydroxylation sites is 3. The molecule has 4 aliphatic rings. The maximum atomic E-state index is 14.5.